The Bertz CT molecular complexity index is 481. The smallest absolute Gasteiger partial charge is 0.394 e. The number of phenolic OH excluding ortho intramolecular Hbond substituents is 1. The average Bonchev–Trinajstić information content (AvgIpc) is 2.51. The SMILES string of the molecule is CCCCCCCCc1ccccc1O.O.O=S(=O)(O)O.OCCO. The summed E-state index contributed by atoms with van der Waals surface area (Å²) in [5.74, 6) is 0.450. The predicted octanol–water partition coefficient (Wildman–Crippen LogP) is 1.79. The molecule has 0 radical (unpaired) electrons. The molecule has 0 aliphatic carbocycles. The molecule has 0 spiro atoms. The number of hydrogen-bond acceptors (Lipinski definition) is 5. The third-order valence-corrected chi connectivity index (χ3v) is 2.89. The standard InChI is InChI=1S/C14H22O.C2H6O2.H2O4S.H2O/c1-2-3-4-5-6-7-10-13-11-8-9-12-14(13)15;3-1-2-4;1-5(2,3)4;/h8-9,11-12,15H,2-7,10H2,1H3;3-4H,1-2H2;(H2,1,2,3,4);1H2. The highest BCUT2D eigenvalue weighted by Gasteiger charge is 1.98. The fourth-order valence-corrected chi connectivity index (χ4v) is 1.82. The molecule has 0 unspecified atom stereocenters. The quantitative estimate of drug-likeness (QED) is 0.336. The van der Waals surface area contributed by atoms with Crippen LogP contribution in [0.4, 0.5) is 0 Å². The highest BCUT2D eigenvalue weighted by molar-refractivity contribution is 7.79. The first-order chi connectivity index (χ1) is 11.3. The van der Waals surface area contributed by atoms with Crippen LogP contribution in [0.25, 0.3) is 0 Å². The van der Waals surface area contributed by atoms with Crippen molar-refractivity contribution >= 4 is 10.4 Å². The summed E-state index contributed by atoms with van der Waals surface area (Å²) >= 11 is 0. The Kier molecular flexibility index (Phi) is 21.8. The van der Waals surface area contributed by atoms with Gasteiger partial charge < -0.3 is 20.8 Å². The van der Waals surface area contributed by atoms with Gasteiger partial charge in [0.15, 0.2) is 0 Å². The normalized spacial score (nSPS) is 9.80. The lowest BCUT2D eigenvalue weighted by atomic mass is 10.0. The van der Waals surface area contributed by atoms with Crippen molar-refractivity contribution in [2.45, 2.75) is 51.9 Å². The summed E-state index contributed by atoms with van der Waals surface area (Å²) in [5.41, 5.74) is 1.09. The summed E-state index contributed by atoms with van der Waals surface area (Å²) in [4.78, 5) is 0. The van der Waals surface area contributed by atoms with Gasteiger partial charge in [-0.15, -0.1) is 0 Å². The van der Waals surface area contributed by atoms with Crippen LogP contribution in [0.15, 0.2) is 24.3 Å². The van der Waals surface area contributed by atoms with E-state index in [-0.39, 0.29) is 18.7 Å². The number of unbranched alkanes of at least 4 members (excludes halogenated alkanes) is 5. The fraction of sp³-hybridized carbons (Fsp3) is 0.625. The minimum Gasteiger partial charge on any atom is -0.508 e. The van der Waals surface area contributed by atoms with Crippen molar-refractivity contribution in [1.29, 1.82) is 0 Å². The van der Waals surface area contributed by atoms with Crippen LogP contribution >= 0.6 is 0 Å². The van der Waals surface area contributed by atoms with Gasteiger partial charge in [0.25, 0.3) is 0 Å². The third-order valence-electron chi connectivity index (χ3n) is 2.89. The Morgan fingerprint density at radius 2 is 1.32 bits per heavy atom. The highest BCUT2D eigenvalue weighted by atomic mass is 32.3. The zero-order valence-corrected chi connectivity index (χ0v) is 15.5. The van der Waals surface area contributed by atoms with Crippen LogP contribution in [-0.4, -0.2) is 51.5 Å². The Labute approximate surface area is 150 Å². The van der Waals surface area contributed by atoms with Gasteiger partial charge in [-0.1, -0.05) is 57.2 Å². The summed E-state index contributed by atoms with van der Waals surface area (Å²) in [5, 5.41) is 24.8. The van der Waals surface area contributed by atoms with Gasteiger partial charge in [-0.25, -0.2) is 0 Å². The van der Waals surface area contributed by atoms with Crippen molar-refractivity contribution in [2.24, 2.45) is 0 Å². The van der Waals surface area contributed by atoms with Gasteiger partial charge in [-0.05, 0) is 24.5 Å². The molecule has 0 heterocycles. The zero-order chi connectivity index (χ0) is 18.8. The number of aliphatic hydroxyl groups is 2. The molecule has 0 aliphatic heterocycles. The van der Waals surface area contributed by atoms with Crippen LogP contribution in [0.3, 0.4) is 0 Å². The summed E-state index contributed by atoms with van der Waals surface area (Å²) < 4.78 is 31.6. The van der Waals surface area contributed by atoms with E-state index in [1.165, 1.54) is 38.5 Å². The summed E-state index contributed by atoms with van der Waals surface area (Å²) in [6, 6.07) is 7.65. The first kappa shape index (κ1) is 28.6. The molecular formula is C16H32O8S. The van der Waals surface area contributed by atoms with Crippen LogP contribution in [-0.2, 0) is 16.8 Å². The molecule has 0 aromatic heterocycles. The van der Waals surface area contributed by atoms with Gasteiger partial charge in [0.1, 0.15) is 5.75 Å². The fourth-order valence-electron chi connectivity index (χ4n) is 1.82. The number of para-hydroxylation sites is 1. The lowest BCUT2D eigenvalue weighted by Crippen LogP contribution is -1.89. The first-order valence-electron chi connectivity index (χ1n) is 7.94. The number of aliphatic hydroxyl groups excluding tert-OH is 2. The van der Waals surface area contributed by atoms with Crippen molar-refractivity contribution in [2.75, 3.05) is 13.2 Å². The van der Waals surface area contributed by atoms with E-state index < -0.39 is 10.4 Å². The molecule has 0 amide bonds. The topological polar surface area (TPSA) is 167 Å². The molecule has 150 valence electrons. The van der Waals surface area contributed by atoms with Crippen molar-refractivity contribution in [3.05, 3.63) is 29.8 Å². The molecule has 0 atom stereocenters. The van der Waals surface area contributed by atoms with Crippen molar-refractivity contribution in [1.82, 2.24) is 0 Å². The first-order valence-corrected chi connectivity index (χ1v) is 9.34. The molecule has 0 aliphatic rings. The minimum absolute atomic E-state index is 0. The summed E-state index contributed by atoms with van der Waals surface area (Å²) in [7, 11) is -4.67. The van der Waals surface area contributed by atoms with Crippen molar-refractivity contribution in [3.63, 3.8) is 0 Å². The van der Waals surface area contributed by atoms with Crippen LogP contribution in [0.2, 0.25) is 0 Å². The Morgan fingerprint density at radius 1 is 0.880 bits per heavy atom. The molecular weight excluding hydrogens is 352 g/mol. The highest BCUT2D eigenvalue weighted by Crippen LogP contribution is 2.18. The number of aryl methyl sites for hydroxylation is 1. The van der Waals surface area contributed by atoms with E-state index in [1.54, 1.807) is 6.07 Å². The van der Waals surface area contributed by atoms with Gasteiger partial charge in [0, 0.05) is 0 Å². The predicted molar refractivity (Wildman–Crippen MR) is 97.1 cm³/mol. The van der Waals surface area contributed by atoms with Gasteiger partial charge in [-0.2, -0.15) is 8.42 Å². The molecule has 8 nitrogen and oxygen atoms in total. The maximum atomic E-state index is 9.55. The molecule has 1 aromatic carbocycles. The number of hydrogen-bond donors (Lipinski definition) is 5. The second-order valence-electron chi connectivity index (χ2n) is 5.04. The lowest BCUT2D eigenvalue weighted by molar-refractivity contribution is 0.186. The molecule has 0 saturated heterocycles. The van der Waals surface area contributed by atoms with E-state index >= 15 is 0 Å². The molecule has 0 saturated carbocycles. The van der Waals surface area contributed by atoms with E-state index in [0.29, 0.717) is 5.75 Å². The Balaban J connectivity index is -0.000000405. The van der Waals surface area contributed by atoms with E-state index in [2.05, 4.69) is 6.92 Å². The molecule has 25 heavy (non-hydrogen) atoms. The monoisotopic (exact) mass is 384 g/mol. The van der Waals surface area contributed by atoms with Gasteiger partial charge in [0.2, 0.25) is 0 Å². The van der Waals surface area contributed by atoms with Crippen LogP contribution in [0, 0.1) is 0 Å². The Morgan fingerprint density at radius 3 is 1.76 bits per heavy atom. The molecule has 9 heteroatoms. The van der Waals surface area contributed by atoms with Crippen LogP contribution in [0.5, 0.6) is 5.75 Å². The van der Waals surface area contributed by atoms with Gasteiger partial charge in [-0.3, -0.25) is 9.11 Å². The summed E-state index contributed by atoms with van der Waals surface area (Å²) in [6.07, 6.45) is 8.85. The maximum Gasteiger partial charge on any atom is 0.394 e. The maximum absolute atomic E-state index is 9.55. The molecule has 1 aromatic rings. The van der Waals surface area contributed by atoms with Crippen molar-refractivity contribution in [3.8, 4) is 5.75 Å². The van der Waals surface area contributed by atoms with E-state index in [9.17, 15) is 5.11 Å². The number of phenols is 1. The lowest BCUT2D eigenvalue weighted by Gasteiger charge is -2.03. The number of benzene rings is 1. The van der Waals surface area contributed by atoms with Crippen molar-refractivity contribution < 1.29 is 38.3 Å². The van der Waals surface area contributed by atoms with Gasteiger partial charge >= 0.3 is 10.4 Å². The molecule has 1 rings (SSSR count). The van der Waals surface area contributed by atoms with Crippen LogP contribution < -0.4 is 0 Å². The average molecular weight is 384 g/mol. The number of aromatic hydroxyl groups is 1. The van der Waals surface area contributed by atoms with Gasteiger partial charge in [0.05, 0.1) is 13.2 Å². The van der Waals surface area contributed by atoms with Crippen LogP contribution in [0.1, 0.15) is 51.0 Å². The molecule has 0 bridgehead atoms. The molecule has 7 N–H and O–H groups in total. The van der Waals surface area contributed by atoms with E-state index in [0.717, 1.165) is 12.0 Å². The summed E-state index contributed by atoms with van der Waals surface area (Å²) in [6.45, 7) is 1.99. The second kappa shape index (κ2) is 19.1. The Hall–Kier alpha value is -1.23. The molecule has 0 fully saturated rings. The minimum atomic E-state index is -4.67. The zero-order valence-electron chi connectivity index (χ0n) is 14.6. The van der Waals surface area contributed by atoms with E-state index in [4.69, 9.17) is 27.7 Å². The second-order valence-corrected chi connectivity index (χ2v) is 5.94. The number of rotatable bonds is 8. The largest absolute Gasteiger partial charge is 0.508 e. The van der Waals surface area contributed by atoms with E-state index in [1.807, 2.05) is 18.2 Å². The third kappa shape index (κ3) is 27.9.